The SMILES string of the molecule is C=C1Oc2ccccc2C=C1COC1C(O)[C@@H](OCC2CC(CC)[C@@H](O[C@@H]3OC(C)[C@@H](O)[C@H](O)C3O)[C@H](O[C@@H]3O[C@@H](CO)[C@H](O)C(O[C@@H](CCC)C(=O)O)C3NC(C)=O)C2)OC(CO)[C@H]1O. The normalized spacial score (nSPS) is 39.8. The van der Waals surface area contributed by atoms with Gasteiger partial charge in [0.25, 0.3) is 0 Å². The molecular weight excluding hydrogens is 874 g/mol. The van der Waals surface area contributed by atoms with Gasteiger partial charge in [-0.05, 0) is 50.2 Å². The predicted molar refractivity (Wildman–Crippen MR) is 227 cm³/mol. The van der Waals surface area contributed by atoms with Crippen molar-refractivity contribution in [3.05, 3.63) is 47.7 Å². The van der Waals surface area contributed by atoms with Crippen LogP contribution in [0.3, 0.4) is 0 Å². The van der Waals surface area contributed by atoms with Crippen molar-refractivity contribution in [3.63, 3.8) is 0 Å². The van der Waals surface area contributed by atoms with Gasteiger partial charge in [-0.1, -0.05) is 51.5 Å². The maximum atomic E-state index is 12.7. The Bertz CT molecular complexity index is 1800. The summed E-state index contributed by atoms with van der Waals surface area (Å²) in [6, 6.07) is 5.97. The first-order valence-corrected chi connectivity index (χ1v) is 22.6. The molecule has 0 aromatic heterocycles. The van der Waals surface area contributed by atoms with Crippen LogP contribution in [0.5, 0.6) is 5.75 Å². The van der Waals surface area contributed by atoms with Gasteiger partial charge in [0.05, 0.1) is 44.7 Å². The number of para-hydroxylation sites is 1. The van der Waals surface area contributed by atoms with Crippen molar-refractivity contribution >= 4 is 18.0 Å². The first kappa shape index (κ1) is 52.2. The number of nitrogens with one attached hydrogen (secondary N) is 1. The number of carboxylic acid groups (broad SMARTS) is 1. The summed E-state index contributed by atoms with van der Waals surface area (Å²) in [5.74, 6) is -1.81. The molecule has 9 unspecified atom stereocenters. The zero-order chi connectivity index (χ0) is 48.0. The van der Waals surface area contributed by atoms with Crippen molar-refractivity contribution in [3.8, 4) is 5.75 Å². The van der Waals surface area contributed by atoms with E-state index in [-0.39, 0.29) is 26.1 Å². The second-order valence-electron chi connectivity index (χ2n) is 17.7. The van der Waals surface area contributed by atoms with E-state index >= 15 is 0 Å². The highest BCUT2D eigenvalue weighted by atomic mass is 16.7. The molecule has 0 bridgehead atoms. The minimum Gasteiger partial charge on any atom is -0.479 e. The van der Waals surface area contributed by atoms with Crippen LogP contribution in [0.4, 0.5) is 0 Å². The van der Waals surface area contributed by atoms with Crippen molar-refractivity contribution < 1.29 is 98.2 Å². The van der Waals surface area contributed by atoms with Gasteiger partial charge in [0.15, 0.2) is 25.0 Å². The van der Waals surface area contributed by atoms with Crippen LogP contribution in [0.25, 0.3) is 6.08 Å². The summed E-state index contributed by atoms with van der Waals surface area (Å²) in [6.45, 7) is 8.70. The smallest absolute Gasteiger partial charge is 0.332 e. The van der Waals surface area contributed by atoms with Crippen LogP contribution in [0, 0.1) is 11.8 Å². The number of aliphatic hydroxyl groups excluding tert-OH is 8. The van der Waals surface area contributed by atoms with Crippen LogP contribution in [0.1, 0.15) is 65.4 Å². The highest BCUT2D eigenvalue weighted by Crippen LogP contribution is 2.40. The Hall–Kier alpha value is -3.20. The number of carboxylic acids is 1. The minimum absolute atomic E-state index is 0.0602. The number of benzene rings is 1. The predicted octanol–water partition coefficient (Wildman–Crippen LogP) is -0.928. The molecule has 21 nitrogen and oxygen atoms in total. The largest absolute Gasteiger partial charge is 0.479 e. The van der Waals surface area contributed by atoms with Crippen molar-refractivity contribution in [1.82, 2.24) is 5.32 Å². The molecular formula is C45H67NO20. The van der Waals surface area contributed by atoms with Gasteiger partial charge < -0.3 is 93.9 Å². The highest BCUT2D eigenvalue weighted by Gasteiger charge is 2.53. The summed E-state index contributed by atoms with van der Waals surface area (Å²) >= 11 is 0. The highest BCUT2D eigenvalue weighted by molar-refractivity contribution is 5.73. The maximum absolute atomic E-state index is 12.7. The van der Waals surface area contributed by atoms with Crippen LogP contribution in [0.15, 0.2) is 42.2 Å². The molecule has 372 valence electrons. The van der Waals surface area contributed by atoms with Gasteiger partial charge in [-0.15, -0.1) is 0 Å². The summed E-state index contributed by atoms with van der Waals surface area (Å²) < 4.78 is 54.9. The topological polar surface area (TPSA) is 311 Å². The average molecular weight is 942 g/mol. The molecule has 66 heavy (non-hydrogen) atoms. The molecule has 21 heteroatoms. The van der Waals surface area contributed by atoms with Crippen LogP contribution in [-0.4, -0.2) is 195 Å². The summed E-state index contributed by atoms with van der Waals surface area (Å²) in [4.78, 5) is 24.9. The van der Waals surface area contributed by atoms with Gasteiger partial charge in [0, 0.05) is 18.1 Å². The number of carbonyl (C=O) groups excluding carboxylic acids is 1. The van der Waals surface area contributed by atoms with Crippen LogP contribution >= 0.6 is 0 Å². The number of rotatable bonds is 19. The molecule has 4 heterocycles. The van der Waals surface area contributed by atoms with E-state index < -0.39 is 147 Å². The van der Waals surface area contributed by atoms with Crippen LogP contribution in [-0.2, 0) is 47.5 Å². The van der Waals surface area contributed by atoms with E-state index in [0.29, 0.717) is 36.3 Å². The average Bonchev–Trinajstić information content (AvgIpc) is 3.29. The standard InChI is InChI=1S/C45H67NO20/c1-6-10-28(42(56)57)62-40-32(46-22(5)49)43(64-30(16-47)34(40)51)63-29-14-23(13-24(7-2)39(29)66-45-37(54)36(53)33(50)21(4)61-45)18-59-44-38(55)41(35(52)31(17-48)65-44)58-19-26-15-25-11-8-9-12-27(25)60-20(26)3/h8-9,11-12,15,21,23-24,28-41,43-45,47-48,50-55H,3,6-7,10,13-14,16-19H2,1-2,4-5H3,(H,46,49)(H,56,57)/t21?,23?,24?,28-,29+,30-,31?,32?,33+,34-,35+,36-,37?,38?,39+,40?,41?,43+,44-,45-/m0/s1. The molecule has 3 saturated heterocycles. The molecule has 4 fully saturated rings. The monoisotopic (exact) mass is 941 g/mol. The quantitative estimate of drug-likeness (QED) is 0.0801. The second-order valence-corrected chi connectivity index (χ2v) is 17.7. The van der Waals surface area contributed by atoms with Crippen LogP contribution < -0.4 is 10.1 Å². The van der Waals surface area contributed by atoms with Crippen molar-refractivity contribution in [1.29, 1.82) is 0 Å². The molecule has 0 radical (unpaired) electrons. The zero-order valence-electron chi connectivity index (χ0n) is 37.5. The van der Waals surface area contributed by atoms with Gasteiger partial charge in [-0.2, -0.15) is 0 Å². The molecule has 6 rings (SSSR count). The van der Waals surface area contributed by atoms with Crippen molar-refractivity contribution in [2.24, 2.45) is 11.8 Å². The van der Waals surface area contributed by atoms with Gasteiger partial charge in [-0.3, -0.25) is 4.79 Å². The summed E-state index contributed by atoms with van der Waals surface area (Å²) in [7, 11) is 0. The number of hydrogen-bond acceptors (Lipinski definition) is 19. The summed E-state index contributed by atoms with van der Waals surface area (Å²) in [5, 5.41) is 99.2. The summed E-state index contributed by atoms with van der Waals surface area (Å²) in [5.41, 5.74) is 1.34. The third-order valence-electron chi connectivity index (χ3n) is 12.9. The number of amides is 1. The van der Waals surface area contributed by atoms with Gasteiger partial charge >= 0.3 is 5.97 Å². The number of ether oxygens (including phenoxy) is 9. The lowest BCUT2D eigenvalue weighted by molar-refractivity contribution is -0.341. The fourth-order valence-electron chi connectivity index (χ4n) is 9.27. The minimum atomic E-state index is -1.68. The Morgan fingerprint density at radius 1 is 0.818 bits per heavy atom. The number of fused-ring (bicyclic) bond motifs is 1. The second kappa shape index (κ2) is 23.4. The van der Waals surface area contributed by atoms with Gasteiger partial charge in [0.2, 0.25) is 5.91 Å². The first-order valence-electron chi connectivity index (χ1n) is 22.6. The number of aliphatic carboxylic acids is 1. The fraction of sp³-hybridized carbons (Fsp3) is 0.733. The molecule has 1 aromatic rings. The van der Waals surface area contributed by atoms with E-state index in [1.54, 1.807) is 13.0 Å². The lowest BCUT2D eigenvalue weighted by Crippen LogP contribution is -2.67. The van der Waals surface area contributed by atoms with Crippen molar-refractivity contribution in [2.45, 2.75) is 170 Å². The molecule has 1 aromatic carbocycles. The molecule has 20 atom stereocenters. The molecule has 10 N–H and O–H groups in total. The lowest BCUT2D eigenvalue weighted by Gasteiger charge is -2.49. The summed E-state index contributed by atoms with van der Waals surface area (Å²) in [6.07, 6.45) is -20.1. The molecule has 1 saturated carbocycles. The molecule has 1 aliphatic carbocycles. The Morgan fingerprint density at radius 3 is 2.15 bits per heavy atom. The number of carbonyl (C=O) groups is 2. The van der Waals surface area contributed by atoms with E-state index in [4.69, 9.17) is 42.6 Å². The van der Waals surface area contributed by atoms with E-state index in [2.05, 4.69) is 11.9 Å². The molecule has 4 aliphatic heterocycles. The third-order valence-corrected chi connectivity index (χ3v) is 12.9. The molecule has 1 amide bonds. The number of aliphatic hydroxyl groups is 8. The third kappa shape index (κ3) is 12.0. The molecule has 5 aliphatic rings. The lowest BCUT2D eigenvalue weighted by atomic mass is 9.76. The maximum Gasteiger partial charge on any atom is 0.332 e. The Labute approximate surface area is 382 Å². The van der Waals surface area contributed by atoms with Gasteiger partial charge in [0.1, 0.15) is 78.6 Å². The first-order chi connectivity index (χ1) is 31.5. The zero-order valence-corrected chi connectivity index (χ0v) is 37.5. The Morgan fingerprint density at radius 2 is 1.50 bits per heavy atom. The Balaban J connectivity index is 1.24. The van der Waals surface area contributed by atoms with Crippen molar-refractivity contribution in [2.75, 3.05) is 26.4 Å². The van der Waals surface area contributed by atoms with E-state index in [1.165, 1.54) is 13.8 Å². The fourth-order valence-corrected chi connectivity index (χ4v) is 9.27. The van der Waals surface area contributed by atoms with Gasteiger partial charge in [-0.25, -0.2) is 4.79 Å². The van der Waals surface area contributed by atoms with E-state index in [0.717, 1.165) is 5.56 Å². The Kier molecular flexibility index (Phi) is 18.5. The van der Waals surface area contributed by atoms with E-state index in [9.17, 15) is 55.5 Å². The number of hydrogen-bond donors (Lipinski definition) is 10. The van der Waals surface area contributed by atoms with E-state index in [1.807, 2.05) is 31.2 Å². The van der Waals surface area contributed by atoms with Crippen LogP contribution in [0.2, 0.25) is 0 Å². The molecule has 0 spiro atoms.